The highest BCUT2D eigenvalue weighted by atomic mass is 35.5. The minimum absolute atomic E-state index is 0. The van der Waals surface area contributed by atoms with E-state index in [-0.39, 0.29) is 18.3 Å². The highest BCUT2D eigenvalue weighted by Gasteiger charge is 2.20. The molecule has 0 aromatic heterocycles. The molecule has 118 valence electrons. The molecule has 21 heavy (non-hydrogen) atoms. The van der Waals surface area contributed by atoms with Crippen LogP contribution in [0.3, 0.4) is 0 Å². The number of carbonyl (C=O) groups is 1. The second kappa shape index (κ2) is 9.03. The lowest BCUT2D eigenvalue weighted by Crippen LogP contribution is -2.45. The fourth-order valence-electron chi connectivity index (χ4n) is 2.58. The third-order valence-corrected chi connectivity index (χ3v) is 3.94. The largest absolute Gasteiger partial charge is 0.338 e. The molecule has 1 heterocycles. The van der Waals surface area contributed by atoms with Gasteiger partial charge < -0.3 is 10.6 Å². The van der Waals surface area contributed by atoms with Gasteiger partial charge in [-0.25, -0.2) is 0 Å². The minimum Gasteiger partial charge on any atom is -0.338 e. The SMILES string of the molecule is CCN(Cc1ccccc1)C(=O)CN1CCC(N)CC1.Cl. The van der Waals surface area contributed by atoms with Crippen molar-refractivity contribution in [3.63, 3.8) is 0 Å². The Balaban J connectivity index is 0.00000220. The fourth-order valence-corrected chi connectivity index (χ4v) is 2.58. The summed E-state index contributed by atoms with van der Waals surface area (Å²) in [5.41, 5.74) is 7.08. The quantitative estimate of drug-likeness (QED) is 0.903. The Morgan fingerprint density at radius 2 is 1.90 bits per heavy atom. The third-order valence-electron chi connectivity index (χ3n) is 3.94. The first-order valence-corrected chi connectivity index (χ1v) is 7.48. The molecule has 1 fully saturated rings. The van der Waals surface area contributed by atoms with E-state index in [2.05, 4.69) is 17.0 Å². The van der Waals surface area contributed by atoms with Gasteiger partial charge in [-0.2, -0.15) is 0 Å². The van der Waals surface area contributed by atoms with Gasteiger partial charge in [-0.05, 0) is 25.3 Å². The van der Waals surface area contributed by atoms with Gasteiger partial charge in [-0.15, -0.1) is 12.4 Å². The van der Waals surface area contributed by atoms with E-state index in [1.54, 1.807) is 0 Å². The van der Waals surface area contributed by atoms with E-state index in [0.717, 1.165) is 32.5 Å². The van der Waals surface area contributed by atoms with Crippen molar-refractivity contribution in [1.82, 2.24) is 9.80 Å². The fraction of sp³-hybridized carbons (Fsp3) is 0.562. The Kier molecular flexibility index (Phi) is 7.72. The Labute approximate surface area is 133 Å². The summed E-state index contributed by atoms with van der Waals surface area (Å²) in [5.74, 6) is 0.215. The van der Waals surface area contributed by atoms with Gasteiger partial charge in [0.25, 0.3) is 0 Å². The maximum Gasteiger partial charge on any atom is 0.237 e. The van der Waals surface area contributed by atoms with E-state index in [4.69, 9.17) is 5.73 Å². The topological polar surface area (TPSA) is 49.6 Å². The van der Waals surface area contributed by atoms with Crippen molar-refractivity contribution in [2.45, 2.75) is 32.4 Å². The second-order valence-corrected chi connectivity index (χ2v) is 5.51. The molecule has 1 amide bonds. The summed E-state index contributed by atoms with van der Waals surface area (Å²) < 4.78 is 0. The number of hydrogen-bond donors (Lipinski definition) is 1. The molecule has 2 N–H and O–H groups in total. The van der Waals surface area contributed by atoms with Crippen molar-refractivity contribution in [2.75, 3.05) is 26.2 Å². The van der Waals surface area contributed by atoms with Crippen LogP contribution in [0.2, 0.25) is 0 Å². The molecule has 2 rings (SSSR count). The van der Waals surface area contributed by atoms with Gasteiger partial charge in [0.05, 0.1) is 6.54 Å². The standard InChI is InChI=1S/C16H25N3O.ClH/c1-2-19(12-14-6-4-3-5-7-14)16(20)13-18-10-8-15(17)9-11-18;/h3-7,15H,2,8-13,17H2,1H3;1H. The molecule has 0 unspecified atom stereocenters. The van der Waals surface area contributed by atoms with E-state index in [1.807, 2.05) is 30.0 Å². The molecule has 4 nitrogen and oxygen atoms in total. The summed E-state index contributed by atoms with van der Waals surface area (Å²) in [7, 11) is 0. The van der Waals surface area contributed by atoms with Crippen LogP contribution in [0.1, 0.15) is 25.3 Å². The second-order valence-electron chi connectivity index (χ2n) is 5.51. The van der Waals surface area contributed by atoms with Gasteiger partial charge in [0.1, 0.15) is 0 Å². The van der Waals surface area contributed by atoms with Crippen LogP contribution in [-0.2, 0) is 11.3 Å². The minimum atomic E-state index is 0. The van der Waals surface area contributed by atoms with Gasteiger partial charge in [0, 0.05) is 32.2 Å². The lowest BCUT2D eigenvalue weighted by Gasteiger charge is -2.31. The predicted molar refractivity (Wildman–Crippen MR) is 88.4 cm³/mol. The van der Waals surface area contributed by atoms with Gasteiger partial charge >= 0.3 is 0 Å². The van der Waals surface area contributed by atoms with Crippen molar-refractivity contribution >= 4 is 18.3 Å². The number of hydrogen-bond acceptors (Lipinski definition) is 3. The number of piperidine rings is 1. The number of likely N-dealkylation sites (N-methyl/N-ethyl adjacent to an activating group) is 1. The van der Waals surface area contributed by atoms with Crippen LogP contribution in [0.5, 0.6) is 0 Å². The van der Waals surface area contributed by atoms with Crippen molar-refractivity contribution in [1.29, 1.82) is 0 Å². The van der Waals surface area contributed by atoms with Gasteiger partial charge in [0.15, 0.2) is 0 Å². The van der Waals surface area contributed by atoms with Gasteiger partial charge in [0.2, 0.25) is 5.91 Å². The Bertz CT molecular complexity index is 419. The lowest BCUT2D eigenvalue weighted by molar-refractivity contribution is -0.133. The van der Waals surface area contributed by atoms with Crippen molar-refractivity contribution in [2.24, 2.45) is 5.73 Å². The molecule has 0 bridgehead atoms. The number of amides is 1. The third kappa shape index (κ3) is 5.65. The number of likely N-dealkylation sites (tertiary alicyclic amines) is 1. The van der Waals surface area contributed by atoms with Gasteiger partial charge in [-0.3, -0.25) is 9.69 Å². The lowest BCUT2D eigenvalue weighted by atomic mass is 10.1. The highest BCUT2D eigenvalue weighted by molar-refractivity contribution is 5.85. The molecule has 0 aliphatic carbocycles. The molecule has 0 saturated carbocycles. The summed E-state index contributed by atoms with van der Waals surface area (Å²) in [4.78, 5) is 16.5. The van der Waals surface area contributed by atoms with E-state index in [1.165, 1.54) is 5.56 Å². The molecule has 0 spiro atoms. The maximum atomic E-state index is 12.4. The average molecular weight is 312 g/mol. The normalized spacial score (nSPS) is 16.3. The Morgan fingerprint density at radius 3 is 2.48 bits per heavy atom. The highest BCUT2D eigenvalue weighted by Crippen LogP contribution is 2.10. The molecule has 1 saturated heterocycles. The van der Waals surface area contributed by atoms with Crippen LogP contribution in [0.15, 0.2) is 30.3 Å². The molecular weight excluding hydrogens is 286 g/mol. The molecule has 1 aliphatic heterocycles. The molecule has 1 aromatic rings. The van der Waals surface area contributed by atoms with Crippen LogP contribution in [0, 0.1) is 0 Å². The first-order valence-electron chi connectivity index (χ1n) is 7.48. The summed E-state index contributed by atoms with van der Waals surface area (Å²) in [6.45, 7) is 5.89. The summed E-state index contributed by atoms with van der Waals surface area (Å²) in [6, 6.07) is 10.5. The maximum absolute atomic E-state index is 12.4. The number of rotatable bonds is 5. The molecule has 0 atom stereocenters. The molecule has 1 aliphatic rings. The van der Waals surface area contributed by atoms with Gasteiger partial charge in [-0.1, -0.05) is 30.3 Å². The number of nitrogens with two attached hydrogens (primary N) is 1. The molecule has 1 aromatic carbocycles. The van der Waals surface area contributed by atoms with Crippen molar-refractivity contribution in [3.8, 4) is 0 Å². The Morgan fingerprint density at radius 1 is 1.29 bits per heavy atom. The summed E-state index contributed by atoms with van der Waals surface area (Å²) >= 11 is 0. The monoisotopic (exact) mass is 311 g/mol. The summed E-state index contributed by atoms with van der Waals surface area (Å²) in [5, 5.41) is 0. The molecule has 5 heteroatoms. The van der Waals surface area contributed by atoms with Crippen LogP contribution in [0.4, 0.5) is 0 Å². The molecule has 0 radical (unpaired) electrons. The number of halogens is 1. The number of nitrogens with zero attached hydrogens (tertiary/aromatic N) is 2. The average Bonchev–Trinajstić information content (AvgIpc) is 2.48. The number of carbonyl (C=O) groups excluding carboxylic acids is 1. The van der Waals surface area contributed by atoms with E-state index in [9.17, 15) is 4.79 Å². The van der Waals surface area contributed by atoms with Crippen molar-refractivity contribution < 1.29 is 4.79 Å². The van der Waals surface area contributed by atoms with E-state index < -0.39 is 0 Å². The van der Waals surface area contributed by atoms with Crippen LogP contribution < -0.4 is 5.73 Å². The molecular formula is C16H26ClN3O. The zero-order valence-corrected chi connectivity index (χ0v) is 13.5. The zero-order valence-electron chi connectivity index (χ0n) is 12.7. The smallest absolute Gasteiger partial charge is 0.237 e. The predicted octanol–water partition coefficient (Wildman–Crippen LogP) is 1.88. The first kappa shape index (κ1) is 18.0. The zero-order chi connectivity index (χ0) is 14.4. The van der Waals surface area contributed by atoms with E-state index >= 15 is 0 Å². The Hall–Kier alpha value is -1.10. The van der Waals surface area contributed by atoms with Crippen LogP contribution >= 0.6 is 12.4 Å². The first-order chi connectivity index (χ1) is 9.69. The van der Waals surface area contributed by atoms with E-state index in [0.29, 0.717) is 19.1 Å². The van der Waals surface area contributed by atoms with Crippen molar-refractivity contribution in [3.05, 3.63) is 35.9 Å². The van der Waals surface area contributed by atoms with Crippen LogP contribution in [-0.4, -0.2) is 47.9 Å². The summed E-state index contributed by atoms with van der Waals surface area (Å²) in [6.07, 6.45) is 2.00. The number of benzene rings is 1. The van der Waals surface area contributed by atoms with Crippen LogP contribution in [0.25, 0.3) is 0 Å².